The Morgan fingerprint density at radius 1 is 0.500 bits per heavy atom. The molecule has 18 heavy (non-hydrogen) atoms. The van der Waals surface area contributed by atoms with Crippen molar-refractivity contribution in [2.75, 3.05) is 26.4 Å². The van der Waals surface area contributed by atoms with Crippen LogP contribution < -0.4 is 21.7 Å². The lowest BCUT2D eigenvalue weighted by atomic mass is 10.1. The summed E-state index contributed by atoms with van der Waals surface area (Å²) in [6, 6.07) is 0. The van der Waals surface area contributed by atoms with Gasteiger partial charge >= 0.3 is 0 Å². The van der Waals surface area contributed by atoms with Gasteiger partial charge in [-0.2, -0.15) is 0 Å². The smallest absolute Gasteiger partial charge is 0.141 e. The van der Waals surface area contributed by atoms with Crippen molar-refractivity contribution in [3.8, 4) is 0 Å². The van der Waals surface area contributed by atoms with Crippen LogP contribution in [0, 0.1) is 0 Å². The van der Waals surface area contributed by atoms with Crippen molar-refractivity contribution < 1.29 is 42.3 Å². The summed E-state index contributed by atoms with van der Waals surface area (Å²) in [5.74, 6) is 0. The predicted octanol–water partition coefficient (Wildman–Crippen LogP) is -7.75. The Morgan fingerprint density at radius 3 is 0.778 bits per heavy atom. The van der Waals surface area contributed by atoms with Gasteiger partial charge in [-0.05, 0) is 0 Å². The zero-order valence-electron chi connectivity index (χ0n) is 9.62. The van der Waals surface area contributed by atoms with E-state index in [1.807, 2.05) is 0 Å². The molecule has 12 heteroatoms. The number of aliphatic hydroxyl groups excluding tert-OH is 4. The van der Waals surface area contributed by atoms with Crippen molar-refractivity contribution in [2.45, 2.75) is 11.3 Å². The number of rotatable bonds is 4. The zero-order chi connectivity index (χ0) is 10.7. The Morgan fingerprint density at radius 2 is 0.667 bits per heavy atom. The fourth-order valence-electron chi connectivity index (χ4n) is 0.957. The molecule has 0 aromatic heterocycles. The van der Waals surface area contributed by atoms with Gasteiger partial charge in [0.1, 0.15) is 11.3 Å². The van der Waals surface area contributed by atoms with Crippen LogP contribution in [0.1, 0.15) is 0 Å². The molecule has 0 bridgehead atoms. The summed E-state index contributed by atoms with van der Waals surface area (Å²) in [6.45, 7) is -1.46. The second kappa shape index (κ2) is 10.4. The first-order valence-electron chi connectivity index (χ1n) is 4.18. The van der Waals surface area contributed by atoms with Crippen LogP contribution in [0.15, 0.2) is 0 Å². The van der Waals surface area contributed by atoms with Gasteiger partial charge in [-0.3, -0.25) is 0 Å². The molecule has 0 atom stereocenters. The number of aliphatic hydroxyl groups is 4. The van der Waals surface area contributed by atoms with Crippen molar-refractivity contribution >= 4 is 0 Å². The maximum atomic E-state index is 8.97. The second-order valence-electron chi connectivity index (χ2n) is 3.30. The predicted molar refractivity (Wildman–Crippen MR) is 60.8 cm³/mol. The molecule has 1 fully saturated rings. The molecule has 12 nitrogen and oxygen atoms in total. The maximum Gasteiger partial charge on any atom is 0.141 e. The van der Waals surface area contributed by atoms with Crippen LogP contribution in [0.25, 0.3) is 0 Å². The Bertz CT molecular complexity index is 156. The second-order valence-corrected chi connectivity index (χ2v) is 3.30. The van der Waals surface area contributed by atoms with Gasteiger partial charge in [0.2, 0.25) is 0 Å². The van der Waals surface area contributed by atoms with E-state index in [2.05, 4.69) is 21.7 Å². The van der Waals surface area contributed by atoms with E-state index in [4.69, 9.17) is 20.4 Å². The monoisotopic (exact) mass is 280 g/mol. The fraction of sp³-hybridized carbons (Fsp3) is 1.00. The fourth-order valence-corrected chi connectivity index (χ4v) is 0.957. The molecule has 0 aliphatic carbocycles. The summed E-state index contributed by atoms with van der Waals surface area (Å²) in [5, 5.41) is 35.9. The summed E-state index contributed by atoms with van der Waals surface area (Å²) in [4.78, 5) is 0. The molecular weight excluding hydrogens is 256 g/mol. The van der Waals surface area contributed by atoms with E-state index < -0.39 is 11.3 Å². The van der Waals surface area contributed by atoms with Crippen LogP contribution in [0.4, 0.5) is 0 Å². The average molecular weight is 280 g/mol. The van der Waals surface area contributed by atoms with Crippen LogP contribution in [0.2, 0.25) is 0 Å². The van der Waals surface area contributed by atoms with E-state index in [0.717, 1.165) is 0 Å². The standard InChI is InChI=1S/C6H16N4O4.4H2O/c11-1-5(2-12)7-9-6(3-13,4-14)10-8-5;;;;/h7-14H,1-4H2;4*1H2. The molecule has 1 heterocycles. The molecule has 116 valence electrons. The van der Waals surface area contributed by atoms with Crippen LogP contribution in [-0.2, 0) is 0 Å². The molecule has 1 aliphatic rings. The van der Waals surface area contributed by atoms with Crippen molar-refractivity contribution in [2.24, 2.45) is 0 Å². The van der Waals surface area contributed by atoms with E-state index in [-0.39, 0.29) is 48.3 Å². The van der Waals surface area contributed by atoms with Gasteiger partial charge in [0, 0.05) is 0 Å². The highest BCUT2D eigenvalue weighted by Crippen LogP contribution is 2.05. The Labute approximate surface area is 103 Å². The largest absolute Gasteiger partial charge is 0.412 e. The van der Waals surface area contributed by atoms with E-state index in [0.29, 0.717) is 0 Å². The topological polar surface area (TPSA) is 255 Å². The quantitative estimate of drug-likeness (QED) is 0.244. The first kappa shape index (κ1) is 26.2. The Balaban J connectivity index is -0.000000245. The minimum absolute atomic E-state index is 0. The highest BCUT2D eigenvalue weighted by atomic mass is 16.3. The third-order valence-corrected chi connectivity index (χ3v) is 2.16. The van der Waals surface area contributed by atoms with E-state index in [1.165, 1.54) is 0 Å². The molecule has 0 amide bonds. The highest BCUT2D eigenvalue weighted by Gasteiger charge is 2.40. The molecule has 0 unspecified atom stereocenters. The third-order valence-electron chi connectivity index (χ3n) is 2.16. The van der Waals surface area contributed by atoms with Gasteiger partial charge in [0.25, 0.3) is 0 Å². The number of hydrogen-bond acceptors (Lipinski definition) is 8. The lowest BCUT2D eigenvalue weighted by molar-refractivity contribution is -0.0641. The lowest BCUT2D eigenvalue weighted by Crippen LogP contribution is -2.85. The average Bonchev–Trinajstić information content (AvgIpc) is 2.29. The van der Waals surface area contributed by atoms with Crippen LogP contribution in [0.3, 0.4) is 0 Å². The maximum absolute atomic E-state index is 8.97. The van der Waals surface area contributed by atoms with Gasteiger partial charge in [-0.25, -0.2) is 21.7 Å². The highest BCUT2D eigenvalue weighted by molar-refractivity contribution is 4.93. The number of hydrazine groups is 2. The molecule has 0 spiro atoms. The van der Waals surface area contributed by atoms with Crippen molar-refractivity contribution in [3.63, 3.8) is 0 Å². The van der Waals surface area contributed by atoms with Crippen molar-refractivity contribution in [1.29, 1.82) is 0 Å². The van der Waals surface area contributed by atoms with Crippen molar-refractivity contribution in [3.05, 3.63) is 0 Å². The minimum atomic E-state index is -1.12. The Hall–Kier alpha value is -0.480. The molecule has 1 rings (SSSR count). The molecule has 0 aromatic rings. The summed E-state index contributed by atoms with van der Waals surface area (Å²) < 4.78 is 0. The van der Waals surface area contributed by atoms with Gasteiger partial charge in [0.15, 0.2) is 0 Å². The number of nitrogens with one attached hydrogen (secondary N) is 4. The summed E-state index contributed by atoms with van der Waals surface area (Å²) in [6.07, 6.45) is 0. The number of hydrogen-bond donors (Lipinski definition) is 8. The molecule has 1 aliphatic heterocycles. The van der Waals surface area contributed by atoms with Crippen LogP contribution >= 0.6 is 0 Å². The molecule has 1 saturated heterocycles. The summed E-state index contributed by atoms with van der Waals surface area (Å²) in [7, 11) is 0. The molecule has 0 radical (unpaired) electrons. The van der Waals surface area contributed by atoms with Crippen LogP contribution in [0.5, 0.6) is 0 Å². The van der Waals surface area contributed by atoms with E-state index >= 15 is 0 Å². The van der Waals surface area contributed by atoms with Crippen molar-refractivity contribution in [1.82, 2.24) is 21.7 Å². The molecule has 16 N–H and O–H groups in total. The molecular formula is C6H24N4O8. The SMILES string of the molecule is O.O.O.O.OCC1(CO)NNC(CO)(CO)NN1. The first-order valence-corrected chi connectivity index (χ1v) is 4.18. The zero-order valence-corrected chi connectivity index (χ0v) is 9.62. The van der Waals surface area contributed by atoms with Gasteiger partial charge < -0.3 is 42.3 Å². The molecule has 0 aromatic carbocycles. The lowest BCUT2D eigenvalue weighted by Gasteiger charge is -2.46. The van der Waals surface area contributed by atoms with E-state index in [1.54, 1.807) is 0 Å². The van der Waals surface area contributed by atoms with E-state index in [9.17, 15) is 0 Å². The van der Waals surface area contributed by atoms with Gasteiger partial charge in [-0.15, -0.1) is 0 Å². The van der Waals surface area contributed by atoms with Gasteiger partial charge in [-0.1, -0.05) is 0 Å². The third kappa shape index (κ3) is 5.02. The van der Waals surface area contributed by atoms with Gasteiger partial charge in [0.05, 0.1) is 26.4 Å². The Kier molecular flexibility index (Phi) is 15.2. The first-order chi connectivity index (χ1) is 6.66. The van der Waals surface area contributed by atoms with Crippen LogP contribution in [-0.4, -0.2) is 80.1 Å². The minimum Gasteiger partial charge on any atom is -0.412 e. The normalized spacial score (nSPS) is 19.3. The summed E-state index contributed by atoms with van der Waals surface area (Å²) in [5.41, 5.74) is 8.09. The summed E-state index contributed by atoms with van der Waals surface area (Å²) >= 11 is 0. The molecule has 0 saturated carbocycles.